The van der Waals surface area contributed by atoms with Gasteiger partial charge in [0.2, 0.25) is 0 Å². The number of aromatic nitrogens is 2. The van der Waals surface area contributed by atoms with Crippen LogP contribution in [0.25, 0.3) is 100.0 Å². The van der Waals surface area contributed by atoms with Gasteiger partial charge >= 0.3 is 0 Å². The maximum atomic E-state index is 6.63. The molecule has 0 amide bonds. The Kier molecular flexibility index (Phi) is 7.47. The number of hydrogen-bond donors (Lipinski definition) is 0. The molecule has 0 atom stereocenters. The lowest BCUT2D eigenvalue weighted by Crippen LogP contribution is -1.96. The SMILES string of the molecule is c1ccc(-c2ccc3c(c2)oc2c4ccccc4c(-c4cccc(-c5cccc(-c6cc(-c7ccccc7)nc(-c7ccccc7)n6)c5)c4)cc32)cc1. The topological polar surface area (TPSA) is 38.9 Å². The highest BCUT2D eigenvalue weighted by Gasteiger charge is 2.17. The van der Waals surface area contributed by atoms with Gasteiger partial charge in [-0.1, -0.05) is 158 Å². The van der Waals surface area contributed by atoms with Crippen molar-refractivity contribution in [3.8, 4) is 67.3 Å². The van der Waals surface area contributed by atoms with Crippen LogP contribution in [-0.4, -0.2) is 9.97 Å². The van der Waals surface area contributed by atoms with Crippen molar-refractivity contribution in [3.63, 3.8) is 0 Å². The number of benzene rings is 8. The summed E-state index contributed by atoms with van der Waals surface area (Å²) in [4.78, 5) is 10.1. The fraction of sp³-hybridized carbons (Fsp3) is 0. The normalized spacial score (nSPS) is 11.4. The van der Waals surface area contributed by atoms with Crippen molar-refractivity contribution in [1.82, 2.24) is 9.97 Å². The van der Waals surface area contributed by atoms with Crippen molar-refractivity contribution in [2.75, 3.05) is 0 Å². The second kappa shape index (κ2) is 12.9. The molecular weight excluding hydrogens is 645 g/mol. The number of fused-ring (bicyclic) bond motifs is 5. The molecule has 0 bridgehead atoms. The number of furan rings is 1. The van der Waals surface area contributed by atoms with Gasteiger partial charge in [-0.05, 0) is 75.2 Å². The monoisotopic (exact) mass is 676 g/mol. The Labute approximate surface area is 307 Å². The van der Waals surface area contributed by atoms with Crippen molar-refractivity contribution in [1.29, 1.82) is 0 Å². The Bertz CT molecular complexity index is 2870. The highest BCUT2D eigenvalue weighted by Crippen LogP contribution is 2.41. The number of nitrogens with zero attached hydrogens (tertiary/aromatic N) is 2. The van der Waals surface area contributed by atoms with E-state index >= 15 is 0 Å². The Hall–Kier alpha value is -7.10. The van der Waals surface area contributed by atoms with Gasteiger partial charge in [-0.15, -0.1) is 0 Å². The maximum Gasteiger partial charge on any atom is 0.160 e. The van der Waals surface area contributed by atoms with Gasteiger partial charge in [0.15, 0.2) is 5.82 Å². The fourth-order valence-corrected chi connectivity index (χ4v) is 7.44. The van der Waals surface area contributed by atoms with Crippen LogP contribution in [0.4, 0.5) is 0 Å². The zero-order valence-electron chi connectivity index (χ0n) is 28.8. The lowest BCUT2D eigenvalue weighted by atomic mass is 9.92. The quantitative estimate of drug-likeness (QED) is 0.176. The third-order valence-corrected chi connectivity index (χ3v) is 10.1. The van der Waals surface area contributed by atoms with Crippen LogP contribution >= 0.6 is 0 Å². The van der Waals surface area contributed by atoms with Crippen molar-refractivity contribution in [2.24, 2.45) is 0 Å². The van der Waals surface area contributed by atoms with Crippen molar-refractivity contribution in [2.45, 2.75) is 0 Å². The molecule has 0 N–H and O–H groups in total. The third-order valence-electron chi connectivity index (χ3n) is 10.1. The second-order valence-electron chi connectivity index (χ2n) is 13.4. The zero-order chi connectivity index (χ0) is 35.1. The molecule has 10 aromatic rings. The lowest BCUT2D eigenvalue weighted by Gasteiger charge is -2.12. The smallest absolute Gasteiger partial charge is 0.160 e. The van der Waals surface area contributed by atoms with Crippen LogP contribution in [-0.2, 0) is 0 Å². The minimum absolute atomic E-state index is 0.708. The predicted molar refractivity (Wildman–Crippen MR) is 219 cm³/mol. The lowest BCUT2D eigenvalue weighted by molar-refractivity contribution is 0.673. The molecule has 0 unspecified atom stereocenters. The first-order valence-corrected chi connectivity index (χ1v) is 17.9. The van der Waals surface area contributed by atoms with Crippen LogP contribution < -0.4 is 0 Å². The summed E-state index contributed by atoms with van der Waals surface area (Å²) < 4.78 is 6.63. The molecule has 0 radical (unpaired) electrons. The first-order valence-electron chi connectivity index (χ1n) is 17.9. The summed E-state index contributed by atoms with van der Waals surface area (Å²) in [5, 5.41) is 4.51. The molecule has 0 saturated carbocycles. The summed E-state index contributed by atoms with van der Waals surface area (Å²) in [5.74, 6) is 0.708. The molecule has 0 fully saturated rings. The molecular formula is C50H32N2O. The summed E-state index contributed by atoms with van der Waals surface area (Å²) in [6.45, 7) is 0. The van der Waals surface area contributed by atoms with Crippen LogP contribution in [0.5, 0.6) is 0 Å². The van der Waals surface area contributed by atoms with Gasteiger partial charge in [0.05, 0.1) is 11.4 Å². The van der Waals surface area contributed by atoms with E-state index in [1.807, 2.05) is 42.5 Å². The van der Waals surface area contributed by atoms with Crippen LogP contribution in [0, 0.1) is 0 Å². The number of hydrogen-bond acceptors (Lipinski definition) is 3. The molecule has 53 heavy (non-hydrogen) atoms. The Morgan fingerprint density at radius 1 is 0.302 bits per heavy atom. The minimum Gasteiger partial charge on any atom is -0.455 e. The van der Waals surface area contributed by atoms with Gasteiger partial charge in [-0.3, -0.25) is 0 Å². The van der Waals surface area contributed by atoms with E-state index in [1.165, 1.54) is 11.1 Å². The summed E-state index contributed by atoms with van der Waals surface area (Å²) in [7, 11) is 0. The van der Waals surface area contributed by atoms with Gasteiger partial charge in [-0.2, -0.15) is 0 Å². The van der Waals surface area contributed by atoms with Crippen LogP contribution in [0.15, 0.2) is 199 Å². The van der Waals surface area contributed by atoms with E-state index in [0.717, 1.165) is 83.0 Å². The highest BCUT2D eigenvalue weighted by atomic mass is 16.3. The molecule has 0 aliphatic rings. The Morgan fingerprint density at radius 3 is 1.55 bits per heavy atom. The van der Waals surface area contributed by atoms with E-state index in [-0.39, 0.29) is 0 Å². The van der Waals surface area contributed by atoms with Gasteiger partial charge < -0.3 is 4.42 Å². The first kappa shape index (κ1) is 30.7. The van der Waals surface area contributed by atoms with E-state index in [9.17, 15) is 0 Å². The molecule has 2 heterocycles. The number of rotatable bonds is 6. The molecule has 8 aromatic carbocycles. The molecule has 3 nitrogen and oxygen atoms in total. The molecule has 0 aliphatic carbocycles. The largest absolute Gasteiger partial charge is 0.455 e. The molecule has 0 aliphatic heterocycles. The minimum atomic E-state index is 0.708. The van der Waals surface area contributed by atoms with E-state index in [2.05, 4.69) is 152 Å². The van der Waals surface area contributed by atoms with Crippen LogP contribution in [0.1, 0.15) is 0 Å². The van der Waals surface area contributed by atoms with Crippen LogP contribution in [0.3, 0.4) is 0 Å². The first-order chi connectivity index (χ1) is 26.2. The Balaban J connectivity index is 1.08. The van der Waals surface area contributed by atoms with Gasteiger partial charge in [0.25, 0.3) is 0 Å². The van der Waals surface area contributed by atoms with Gasteiger partial charge in [0.1, 0.15) is 11.2 Å². The Morgan fingerprint density at radius 2 is 0.830 bits per heavy atom. The third kappa shape index (κ3) is 5.65. The average Bonchev–Trinajstić information content (AvgIpc) is 3.62. The maximum absolute atomic E-state index is 6.63. The van der Waals surface area contributed by atoms with Gasteiger partial charge in [-0.25, -0.2) is 9.97 Å². The van der Waals surface area contributed by atoms with Crippen LogP contribution in [0.2, 0.25) is 0 Å². The summed E-state index contributed by atoms with van der Waals surface area (Å²) in [5.41, 5.74) is 13.6. The molecule has 0 saturated heterocycles. The summed E-state index contributed by atoms with van der Waals surface area (Å²) in [6, 6.07) is 68.0. The van der Waals surface area contributed by atoms with E-state index in [1.54, 1.807) is 0 Å². The summed E-state index contributed by atoms with van der Waals surface area (Å²) in [6.07, 6.45) is 0. The summed E-state index contributed by atoms with van der Waals surface area (Å²) >= 11 is 0. The zero-order valence-corrected chi connectivity index (χ0v) is 28.8. The second-order valence-corrected chi connectivity index (χ2v) is 13.4. The molecule has 2 aromatic heterocycles. The van der Waals surface area contributed by atoms with E-state index < -0.39 is 0 Å². The fourth-order valence-electron chi connectivity index (χ4n) is 7.44. The van der Waals surface area contributed by atoms with Crippen molar-refractivity contribution >= 4 is 32.7 Å². The highest BCUT2D eigenvalue weighted by molar-refractivity contribution is 6.19. The van der Waals surface area contributed by atoms with Crippen molar-refractivity contribution < 1.29 is 4.42 Å². The average molecular weight is 677 g/mol. The van der Waals surface area contributed by atoms with E-state index in [4.69, 9.17) is 14.4 Å². The molecule has 10 rings (SSSR count). The molecule has 3 heteroatoms. The molecule has 0 spiro atoms. The van der Waals surface area contributed by atoms with E-state index in [0.29, 0.717) is 5.82 Å². The predicted octanol–water partition coefficient (Wildman–Crippen LogP) is 13.5. The van der Waals surface area contributed by atoms with Gasteiger partial charge in [0, 0.05) is 32.8 Å². The standard InChI is InChI=1S/C50H32N2O/c1-4-14-33(15-5-1)38-26-27-42-45-31-44(41-24-10-11-25-43(41)49(45)53-48(42)30-38)39-22-12-20-36(28-39)37-21-13-23-40(29-37)47-32-46(34-16-6-2-7-17-34)51-50(52-47)35-18-8-3-9-19-35/h1-32H. The van der Waals surface area contributed by atoms with Crippen molar-refractivity contribution in [3.05, 3.63) is 194 Å². The molecule has 248 valence electrons.